The molecule has 1 spiro atoms. The number of anilines is 2. The Labute approximate surface area is 267 Å². The molecule has 6 heterocycles. The van der Waals surface area contributed by atoms with Gasteiger partial charge in [0.25, 0.3) is 10.2 Å². The van der Waals surface area contributed by atoms with Gasteiger partial charge in [-0.05, 0) is 68.7 Å². The van der Waals surface area contributed by atoms with Gasteiger partial charge in [-0.3, -0.25) is 4.90 Å². The van der Waals surface area contributed by atoms with E-state index in [1.54, 1.807) is 25.1 Å². The summed E-state index contributed by atoms with van der Waals surface area (Å²) >= 11 is 0. The molecule has 4 fully saturated rings. The number of halogens is 2. The molecule has 4 saturated heterocycles. The van der Waals surface area contributed by atoms with E-state index in [2.05, 4.69) is 24.1 Å². The van der Waals surface area contributed by atoms with Crippen LogP contribution in [0.1, 0.15) is 48.9 Å². The van der Waals surface area contributed by atoms with Gasteiger partial charge in [-0.1, -0.05) is 6.07 Å². The van der Waals surface area contributed by atoms with Crippen molar-refractivity contribution in [2.45, 2.75) is 69.2 Å². The number of aryl methyl sites for hydroxylation is 1. The number of nitrogens with zero attached hydrogens (tertiary/aromatic N) is 5. The molecule has 246 valence electrons. The maximum Gasteiger partial charge on any atom is 0.318 e. The first-order valence-corrected chi connectivity index (χ1v) is 17.6. The van der Waals surface area contributed by atoms with E-state index in [1.807, 2.05) is 0 Å². The summed E-state index contributed by atoms with van der Waals surface area (Å²) in [4.78, 5) is 16.3. The molecule has 46 heavy (non-hydrogen) atoms. The van der Waals surface area contributed by atoms with Crippen molar-refractivity contribution in [2.24, 2.45) is 0 Å². The third-order valence-corrected chi connectivity index (χ3v) is 11.9. The van der Waals surface area contributed by atoms with Crippen LogP contribution < -0.4 is 24.0 Å². The number of piperidine rings is 1. The van der Waals surface area contributed by atoms with Gasteiger partial charge in [0, 0.05) is 61.8 Å². The second-order valence-corrected chi connectivity index (χ2v) is 15.3. The number of nitrogens with one attached hydrogen (secondary N) is 2. The van der Waals surface area contributed by atoms with Crippen LogP contribution in [0.4, 0.5) is 20.3 Å². The van der Waals surface area contributed by atoms with Crippen molar-refractivity contribution in [1.82, 2.24) is 24.3 Å². The van der Waals surface area contributed by atoms with E-state index >= 15 is 0 Å². The van der Waals surface area contributed by atoms with Crippen LogP contribution >= 0.6 is 0 Å². The average Bonchev–Trinajstić information content (AvgIpc) is 3.65. The van der Waals surface area contributed by atoms with Crippen molar-refractivity contribution in [3.8, 4) is 11.8 Å². The van der Waals surface area contributed by atoms with Crippen LogP contribution in [0.5, 0.6) is 11.8 Å². The lowest BCUT2D eigenvalue weighted by molar-refractivity contribution is 0.107. The summed E-state index contributed by atoms with van der Waals surface area (Å²) in [5, 5.41) is 12.1. The molecular formula is C32H39F2N7O4S. The Balaban J connectivity index is 1.16. The molecule has 1 unspecified atom stereocenters. The van der Waals surface area contributed by atoms with E-state index in [0.717, 1.165) is 59.3 Å². The van der Waals surface area contributed by atoms with Gasteiger partial charge in [0.2, 0.25) is 0 Å². The summed E-state index contributed by atoms with van der Waals surface area (Å²) in [6.45, 7) is 5.73. The molecule has 3 aromatic rings. The van der Waals surface area contributed by atoms with E-state index in [4.69, 9.17) is 14.7 Å². The molecule has 3 N–H and O–H groups in total. The van der Waals surface area contributed by atoms with Crippen LogP contribution in [0.15, 0.2) is 24.3 Å². The summed E-state index contributed by atoms with van der Waals surface area (Å²) in [5.41, 5.74) is 1.96. The molecule has 2 aromatic carbocycles. The number of ether oxygens (including phenoxy) is 1. The number of aromatic hydroxyl groups is 1. The average molecular weight is 656 g/mol. The molecule has 1 aromatic heterocycles. The lowest BCUT2D eigenvalue weighted by atomic mass is 9.89. The summed E-state index contributed by atoms with van der Waals surface area (Å²) in [7, 11) is -3.56. The van der Waals surface area contributed by atoms with Crippen LogP contribution in [0.3, 0.4) is 0 Å². The number of phenols is 1. The van der Waals surface area contributed by atoms with Crippen LogP contribution in [0.25, 0.3) is 10.8 Å². The normalized spacial score (nSPS) is 29.1. The highest BCUT2D eigenvalue weighted by atomic mass is 32.2. The third kappa shape index (κ3) is 5.13. The topological polar surface area (TPSA) is 123 Å². The van der Waals surface area contributed by atoms with E-state index in [0.29, 0.717) is 70.7 Å². The van der Waals surface area contributed by atoms with E-state index < -0.39 is 21.9 Å². The fraction of sp³-hybridized carbons (Fsp3) is 0.562. The number of hydrogen-bond acceptors (Lipinski definition) is 9. The maximum atomic E-state index is 14.8. The number of rotatable bonds is 5. The van der Waals surface area contributed by atoms with Gasteiger partial charge in [0.05, 0.1) is 23.3 Å². The Hall–Kier alpha value is -3.33. The van der Waals surface area contributed by atoms with E-state index in [1.165, 1.54) is 6.07 Å². The highest BCUT2D eigenvalue weighted by Gasteiger charge is 2.50. The molecule has 5 aliphatic heterocycles. The second-order valence-electron chi connectivity index (χ2n) is 13.8. The zero-order valence-corrected chi connectivity index (χ0v) is 26.7. The van der Waals surface area contributed by atoms with Gasteiger partial charge in [-0.25, -0.2) is 13.5 Å². The smallest absolute Gasteiger partial charge is 0.318 e. The molecule has 5 aliphatic rings. The van der Waals surface area contributed by atoms with Crippen molar-refractivity contribution in [3.05, 3.63) is 46.9 Å². The van der Waals surface area contributed by atoms with E-state index in [-0.39, 0.29) is 23.1 Å². The van der Waals surface area contributed by atoms with Gasteiger partial charge in [-0.2, -0.15) is 23.1 Å². The van der Waals surface area contributed by atoms with Crippen LogP contribution in [-0.4, -0.2) is 91.5 Å². The van der Waals surface area contributed by atoms with Gasteiger partial charge in [-0.15, -0.1) is 0 Å². The number of phenolic OH excluding ortho intramolecular Hbond substituents is 1. The summed E-state index contributed by atoms with van der Waals surface area (Å²) in [5.74, 6) is 0.514. The first-order valence-electron chi connectivity index (χ1n) is 16.1. The van der Waals surface area contributed by atoms with Gasteiger partial charge in [0.1, 0.15) is 30.2 Å². The van der Waals surface area contributed by atoms with Crippen molar-refractivity contribution in [1.29, 1.82) is 0 Å². The van der Waals surface area contributed by atoms with Crippen molar-refractivity contribution in [2.75, 3.05) is 55.7 Å². The molecule has 8 rings (SSSR count). The Kier molecular flexibility index (Phi) is 7.09. The minimum Gasteiger partial charge on any atom is -0.508 e. The largest absolute Gasteiger partial charge is 0.508 e. The Morgan fingerprint density at radius 2 is 1.98 bits per heavy atom. The summed E-state index contributed by atoms with van der Waals surface area (Å²) in [6.07, 6.45) is 3.49. The number of benzene rings is 2. The minimum atomic E-state index is -3.56. The molecular weight excluding hydrogens is 616 g/mol. The highest BCUT2D eigenvalue weighted by molar-refractivity contribution is 7.87. The van der Waals surface area contributed by atoms with Crippen molar-refractivity contribution >= 4 is 32.5 Å². The Morgan fingerprint density at radius 3 is 2.80 bits per heavy atom. The van der Waals surface area contributed by atoms with Crippen LogP contribution in [0, 0.1) is 12.7 Å². The van der Waals surface area contributed by atoms with Gasteiger partial charge < -0.3 is 19.6 Å². The fourth-order valence-corrected chi connectivity index (χ4v) is 9.88. The zero-order valence-electron chi connectivity index (χ0n) is 25.9. The fourth-order valence-electron chi connectivity index (χ4n) is 8.53. The lowest BCUT2D eigenvalue weighted by Gasteiger charge is -2.41. The van der Waals surface area contributed by atoms with Gasteiger partial charge >= 0.3 is 6.01 Å². The predicted octanol–water partition coefficient (Wildman–Crippen LogP) is 3.08. The molecule has 0 radical (unpaired) electrons. The van der Waals surface area contributed by atoms with Crippen molar-refractivity contribution in [3.63, 3.8) is 0 Å². The van der Waals surface area contributed by atoms with E-state index in [9.17, 15) is 22.3 Å². The van der Waals surface area contributed by atoms with Crippen molar-refractivity contribution < 1.29 is 27.0 Å². The number of hydrogen-bond donors (Lipinski definition) is 3. The molecule has 3 atom stereocenters. The zero-order chi connectivity index (χ0) is 31.8. The third-order valence-electron chi connectivity index (χ3n) is 10.7. The monoisotopic (exact) mass is 655 g/mol. The molecule has 0 bridgehead atoms. The molecule has 0 amide bonds. The quantitative estimate of drug-likeness (QED) is 0.381. The molecule has 0 saturated carbocycles. The second kappa shape index (κ2) is 10.9. The molecule has 0 aliphatic carbocycles. The number of fused-ring (bicyclic) bond motifs is 3. The molecule has 11 nitrogen and oxygen atoms in total. The minimum absolute atomic E-state index is 0.0982. The van der Waals surface area contributed by atoms with Crippen LogP contribution in [-0.2, 0) is 23.2 Å². The highest BCUT2D eigenvalue weighted by Crippen LogP contribution is 2.42. The molecule has 14 heteroatoms. The lowest BCUT2D eigenvalue weighted by Crippen LogP contribution is -2.57. The first kappa shape index (κ1) is 30.0. The maximum absolute atomic E-state index is 14.8. The Bertz CT molecular complexity index is 1830. The first-order chi connectivity index (χ1) is 22.0. The SMILES string of the molecule is Cc1c(F)ccc2cc(O)cc(N3CCc4c(nc(OC[C@@]56CCCN5C[C@H](F)C6)nc4N4CCCC5(CNS(=O)(=O)N5)C4)C3)c12. The number of aromatic nitrogens is 2. The number of alkyl halides is 1. The predicted molar refractivity (Wildman–Crippen MR) is 170 cm³/mol. The van der Waals surface area contributed by atoms with Crippen LogP contribution in [0.2, 0.25) is 0 Å². The van der Waals surface area contributed by atoms with Gasteiger partial charge in [0.15, 0.2) is 0 Å². The summed E-state index contributed by atoms with van der Waals surface area (Å²) < 4.78 is 65.7. The summed E-state index contributed by atoms with van der Waals surface area (Å²) in [6, 6.07) is 6.63. The standard InChI is InChI=1S/C32H39F2N7O4S/c1-20-25(34)5-4-21-12-23(42)13-27(28(20)21)39-11-6-24-26(16-39)36-30(45-19-32-8-3-10-41(32)15-22(33)14-32)37-29(24)40-9-2-7-31(18-40)17-35-46(43,44)38-31/h4-5,12-13,22,35,38,42H,2-3,6-11,14-19H2,1H3/t22-,31?,32+/m1/s1. The Morgan fingerprint density at radius 1 is 1.13 bits per heavy atom.